The normalized spacial score (nSPS) is 14.4. The molecule has 1 aliphatic rings. The van der Waals surface area contributed by atoms with Crippen molar-refractivity contribution in [3.63, 3.8) is 0 Å². The standard InChI is InChI=1S/C20H25N5OS/c1-27-19(21)17-8-7-16(13-18(17)23-14-5-3-2-4-6-14)25-20(26)24-15-9-11-22-12-10-15/h2-8,13,15,21-23H,9-12H2,1H3,(H2,24,25,26). The SMILES string of the molecule is CSC(=N)c1ccc(NC(=O)NC2CCNCC2)cc1Nc1ccccc1. The fourth-order valence-electron chi connectivity index (χ4n) is 3.03. The summed E-state index contributed by atoms with van der Waals surface area (Å²) >= 11 is 1.38. The minimum absolute atomic E-state index is 0.194. The molecule has 0 spiro atoms. The maximum absolute atomic E-state index is 12.3. The predicted octanol–water partition coefficient (Wildman–Crippen LogP) is 3.99. The second-order valence-electron chi connectivity index (χ2n) is 6.41. The van der Waals surface area contributed by atoms with E-state index in [4.69, 9.17) is 5.41 Å². The second-order valence-corrected chi connectivity index (χ2v) is 7.22. The van der Waals surface area contributed by atoms with Gasteiger partial charge in [0.1, 0.15) is 0 Å². The fraction of sp³-hybridized carbons (Fsp3) is 0.300. The highest BCUT2D eigenvalue weighted by atomic mass is 32.2. The number of carbonyl (C=O) groups is 1. The molecule has 3 rings (SSSR count). The van der Waals surface area contributed by atoms with Gasteiger partial charge in [-0.15, -0.1) is 11.8 Å². The summed E-state index contributed by atoms with van der Waals surface area (Å²) in [5.74, 6) is 0. The van der Waals surface area contributed by atoms with Gasteiger partial charge in [0, 0.05) is 23.0 Å². The van der Waals surface area contributed by atoms with E-state index in [2.05, 4.69) is 21.3 Å². The first-order valence-electron chi connectivity index (χ1n) is 9.03. The number of urea groups is 1. The Bertz CT molecular complexity index is 790. The van der Waals surface area contributed by atoms with E-state index in [1.54, 1.807) is 0 Å². The van der Waals surface area contributed by atoms with Crippen LogP contribution >= 0.6 is 11.8 Å². The van der Waals surface area contributed by atoms with E-state index < -0.39 is 0 Å². The monoisotopic (exact) mass is 383 g/mol. The Hall–Kier alpha value is -2.51. The molecule has 0 radical (unpaired) electrons. The van der Waals surface area contributed by atoms with Crippen LogP contribution in [-0.4, -0.2) is 36.5 Å². The highest BCUT2D eigenvalue weighted by Crippen LogP contribution is 2.27. The average molecular weight is 384 g/mol. The Morgan fingerprint density at radius 1 is 1.11 bits per heavy atom. The first kappa shape index (κ1) is 19.3. The Morgan fingerprint density at radius 3 is 2.56 bits per heavy atom. The summed E-state index contributed by atoms with van der Waals surface area (Å²) < 4.78 is 0. The number of hydrogen-bond donors (Lipinski definition) is 5. The Labute approximate surface area is 164 Å². The topological polar surface area (TPSA) is 89.0 Å². The molecular formula is C20H25N5OS. The van der Waals surface area contributed by atoms with Crippen molar-refractivity contribution in [3.8, 4) is 0 Å². The number of anilines is 3. The molecule has 1 fully saturated rings. The zero-order valence-electron chi connectivity index (χ0n) is 15.3. The smallest absolute Gasteiger partial charge is 0.319 e. The van der Waals surface area contributed by atoms with Gasteiger partial charge in [-0.05, 0) is 62.5 Å². The Morgan fingerprint density at radius 2 is 1.85 bits per heavy atom. The Balaban J connectivity index is 1.74. The summed E-state index contributed by atoms with van der Waals surface area (Å²) in [6.45, 7) is 1.86. The van der Waals surface area contributed by atoms with Crippen LogP contribution in [0, 0.1) is 5.41 Å². The first-order valence-corrected chi connectivity index (χ1v) is 10.3. The molecule has 0 bridgehead atoms. The van der Waals surface area contributed by atoms with E-state index in [-0.39, 0.29) is 12.1 Å². The largest absolute Gasteiger partial charge is 0.355 e. The molecule has 1 heterocycles. The quantitative estimate of drug-likeness (QED) is 0.399. The van der Waals surface area contributed by atoms with Crippen molar-refractivity contribution in [2.45, 2.75) is 18.9 Å². The molecule has 1 saturated heterocycles. The molecule has 0 atom stereocenters. The molecule has 0 aromatic heterocycles. The minimum Gasteiger partial charge on any atom is -0.355 e. The molecule has 0 unspecified atom stereocenters. The molecule has 0 aliphatic carbocycles. The molecule has 2 aromatic rings. The molecule has 2 aromatic carbocycles. The maximum Gasteiger partial charge on any atom is 0.319 e. The van der Waals surface area contributed by atoms with Crippen LogP contribution in [0.5, 0.6) is 0 Å². The maximum atomic E-state index is 12.3. The van der Waals surface area contributed by atoms with Crippen LogP contribution in [0.2, 0.25) is 0 Å². The summed E-state index contributed by atoms with van der Waals surface area (Å²) in [7, 11) is 0. The van der Waals surface area contributed by atoms with E-state index in [0.29, 0.717) is 10.7 Å². The van der Waals surface area contributed by atoms with Gasteiger partial charge in [0.15, 0.2) is 0 Å². The number of nitrogens with one attached hydrogen (secondary N) is 5. The minimum atomic E-state index is -0.194. The van der Waals surface area contributed by atoms with Crippen molar-refractivity contribution in [1.82, 2.24) is 10.6 Å². The van der Waals surface area contributed by atoms with E-state index in [1.165, 1.54) is 11.8 Å². The molecule has 7 heteroatoms. The highest BCUT2D eigenvalue weighted by molar-refractivity contribution is 8.13. The van der Waals surface area contributed by atoms with Crippen molar-refractivity contribution in [1.29, 1.82) is 5.41 Å². The van der Waals surface area contributed by atoms with Gasteiger partial charge in [0.25, 0.3) is 0 Å². The third-order valence-electron chi connectivity index (χ3n) is 4.45. The molecule has 0 saturated carbocycles. The van der Waals surface area contributed by atoms with Gasteiger partial charge in [-0.1, -0.05) is 18.2 Å². The molecule has 2 amide bonds. The van der Waals surface area contributed by atoms with Crippen molar-refractivity contribution in [2.24, 2.45) is 0 Å². The van der Waals surface area contributed by atoms with E-state index in [0.717, 1.165) is 42.9 Å². The number of amides is 2. The van der Waals surface area contributed by atoms with E-state index >= 15 is 0 Å². The number of carbonyl (C=O) groups excluding carboxylic acids is 1. The van der Waals surface area contributed by atoms with Crippen molar-refractivity contribution >= 4 is 39.9 Å². The first-order chi connectivity index (χ1) is 13.2. The predicted molar refractivity (Wildman–Crippen MR) is 115 cm³/mol. The third kappa shape index (κ3) is 5.48. The van der Waals surface area contributed by atoms with Crippen LogP contribution in [0.3, 0.4) is 0 Å². The molecule has 27 heavy (non-hydrogen) atoms. The number of rotatable bonds is 5. The van der Waals surface area contributed by atoms with Crippen LogP contribution < -0.4 is 21.3 Å². The number of para-hydroxylation sites is 1. The zero-order valence-corrected chi connectivity index (χ0v) is 16.2. The lowest BCUT2D eigenvalue weighted by molar-refractivity contribution is 0.245. The van der Waals surface area contributed by atoms with Gasteiger partial charge in [-0.3, -0.25) is 5.41 Å². The lowest BCUT2D eigenvalue weighted by Gasteiger charge is -2.24. The fourth-order valence-corrected chi connectivity index (χ4v) is 3.43. The van der Waals surface area contributed by atoms with Gasteiger partial charge in [0.2, 0.25) is 0 Å². The zero-order chi connectivity index (χ0) is 19.1. The number of piperidine rings is 1. The third-order valence-corrected chi connectivity index (χ3v) is 5.08. The Kier molecular flexibility index (Phi) is 6.73. The van der Waals surface area contributed by atoms with Gasteiger partial charge < -0.3 is 21.3 Å². The van der Waals surface area contributed by atoms with Gasteiger partial charge in [-0.25, -0.2) is 4.79 Å². The lowest BCUT2D eigenvalue weighted by atomic mass is 10.1. The number of hydrogen-bond acceptors (Lipinski definition) is 5. The van der Waals surface area contributed by atoms with Crippen LogP contribution in [0.15, 0.2) is 48.5 Å². The molecule has 1 aliphatic heterocycles. The summed E-state index contributed by atoms with van der Waals surface area (Å²) in [5, 5.41) is 21.2. The van der Waals surface area contributed by atoms with Crippen LogP contribution in [-0.2, 0) is 0 Å². The molecule has 6 nitrogen and oxygen atoms in total. The number of thioether (sulfide) groups is 1. The lowest BCUT2D eigenvalue weighted by Crippen LogP contribution is -2.44. The average Bonchev–Trinajstić information content (AvgIpc) is 2.69. The number of benzene rings is 2. The van der Waals surface area contributed by atoms with Crippen molar-refractivity contribution < 1.29 is 4.79 Å². The van der Waals surface area contributed by atoms with E-state index in [9.17, 15) is 4.79 Å². The molecular weight excluding hydrogens is 358 g/mol. The second kappa shape index (κ2) is 9.43. The summed E-state index contributed by atoms with van der Waals surface area (Å²) in [4.78, 5) is 12.3. The summed E-state index contributed by atoms with van der Waals surface area (Å²) in [5.41, 5.74) is 3.22. The van der Waals surface area contributed by atoms with Gasteiger partial charge in [-0.2, -0.15) is 0 Å². The van der Waals surface area contributed by atoms with Crippen LogP contribution in [0.25, 0.3) is 0 Å². The molecule has 142 valence electrons. The molecule has 5 N–H and O–H groups in total. The highest BCUT2D eigenvalue weighted by Gasteiger charge is 2.16. The van der Waals surface area contributed by atoms with Crippen molar-refractivity contribution in [2.75, 3.05) is 30.0 Å². The summed E-state index contributed by atoms with van der Waals surface area (Å²) in [6, 6.07) is 15.4. The summed E-state index contributed by atoms with van der Waals surface area (Å²) in [6.07, 6.45) is 3.77. The van der Waals surface area contributed by atoms with Crippen LogP contribution in [0.4, 0.5) is 21.9 Å². The van der Waals surface area contributed by atoms with Gasteiger partial charge in [0.05, 0.1) is 10.7 Å². The van der Waals surface area contributed by atoms with Crippen molar-refractivity contribution in [3.05, 3.63) is 54.1 Å². The van der Waals surface area contributed by atoms with E-state index in [1.807, 2.05) is 54.8 Å². The van der Waals surface area contributed by atoms with Gasteiger partial charge >= 0.3 is 6.03 Å². The van der Waals surface area contributed by atoms with Crippen LogP contribution in [0.1, 0.15) is 18.4 Å².